The summed E-state index contributed by atoms with van der Waals surface area (Å²) in [5.41, 5.74) is 5.37. The molecule has 1 aliphatic rings. The molecule has 0 spiro atoms. The molecule has 4 heteroatoms. The van der Waals surface area contributed by atoms with E-state index >= 15 is 0 Å². The standard InChI is InChI=1S/C9H21N3O.C6H12.C2H6/c1-3-12-9(13)8(11-2)6-4-5-7-10;1-2-4-6-5-3-1;1-2/h8,11H,3-7,10H2,1-2H3,(H,12,13);1-6H2;1-2H3. The van der Waals surface area contributed by atoms with Gasteiger partial charge in [-0.15, -0.1) is 0 Å². The molecule has 0 saturated heterocycles. The predicted octanol–water partition coefficient (Wildman–Crippen LogP) is 3.21. The maximum atomic E-state index is 11.4. The number of carbonyl (C=O) groups is 1. The fourth-order valence-electron chi connectivity index (χ4n) is 2.26. The van der Waals surface area contributed by atoms with Crippen molar-refractivity contribution >= 4 is 5.91 Å². The van der Waals surface area contributed by atoms with Crippen LogP contribution in [-0.2, 0) is 4.79 Å². The molecule has 0 bridgehead atoms. The summed E-state index contributed by atoms with van der Waals surface area (Å²) >= 11 is 0. The summed E-state index contributed by atoms with van der Waals surface area (Å²) in [6.45, 7) is 7.31. The molecule has 21 heavy (non-hydrogen) atoms. The van der Waals surface area contributed by atoms with Crippen LogP contribution in [0, 0.1) is 0 Å². The molecule has 0 heterocycles. The van der Waals surface area contributed by atoms with Gasteiger partial charge in [0.25, 0.3) is 0 Å². The van der Waals surface area contributed by atoms with Gasteiger partial charge >= 0.3 is 0 Å². The van der Waals surface area contributed by atoms with Crippen molar-refractivity contribution in [2.45, 2.75) is 84.6 Å². The molecule has 0 aromatic heterocycles. The Kier molecular flexibility index (Phi) is 20.9. The lowest BCUT2D eigenvalue weighted by Crippen LogP contribution is -2.42. The highest BCUT2D eigenvalue weighted by Crippen LogP contribution is 2.15. The molecule has 0 aromatic carbocycles. The minimum absolute atomic E-state index is 0.0634. The van der Waals surface area contributed by atoms with Crippen LogP contribution >= 0.6 is 0 Å². The van der Waals surface area contributed by atoms with Crippen molar-refractivity contribution in [3.63, 3.8) is 0 Å². The number of unbranched alkanes of at least 4 members (excludes halogenated alkanes) is 1. The van der Waals surface area contributed by atoms with Gasteiger partial charge in [-0.2, -0.15) is 0 Å². The van der Waals surface area contributed by atoms with Crippen LogP contribution < -0.4 is 16.4 Å². The van der Waals surface area contributed by atoms with E-state index in [1.165, 1.54) is 38.5 Å². The summed E-state index contributed by atoms with van der Waals surface area (Å²) in [5.74, 6) is 0.0852. The minimum Gasteiger partial charge on any atom is -0.355 e. The SMILES string of the molecule is C1CCCCC1.CC.CCNC(=O)C(CCCCN)NC. The Balaban J connectivity index is 0. The molecular formula is C17H39N3O. The van der Waals surface area contributed by atoms with Gasteiger partial charge in [0.2, 0.25) is 5.91 Å². The van der Waals surface area contributed by atoms with Crippen LogP contribution in [0.15, 0.2) is 0 Å². The van der Waals surface area contributed by atoms with Crippen LogP contribution in [0.25, 0.3) is 0 Å². The number of nitrogens with one attached hydrogen (secondary N) is 2. The maximum Gasteiger partial charge on any atom is 0.237 e. The minimum atomic E-state index is -0.0634. The first-order chi connectivity index (χ1) is 10.3. The highest BCUT2D eigenvalue weighted by atomic mass is 16.2. The Labute approximate surface area is 132 Å². The molecule has 0 aromatic rings. The van der Waals surface area contributed by atoms with E-state index in [1.807, 2.05) is 27.8 Å². The second-order valence-corrected chi connectivity index (χ2v) is 5.14. The monoisotopic (exact) mass is 301 g/mol. The van der Waals surface area contributed by atoms with E-state index in [0.717, 1.165) is 19.3 Å². The fraction of sp³-hybridized carbons (Fsp3) is 0.941. The van der Waals surface area contributed by atoms with Crippen LogP contribution in [0.5, 0.6) is 0 Å². The van der Waals surface area contributed by atoms with Crippen LogP contribution in [0.4, 0.5) is 0 Å². The summed E-state index contributed by atoms with van der Waals surface area (Å²) in [4.78, 5) is 11.4. The lowest BCUT2D eigenvalue weighted by atomic mass is 10.0. The van der Waals surface area contributed by atoms with E-state index in [0.29, 0.717) is 13.1 Å². The first kappa shape index (κ1) is 22.7. The van der Waals surface area contributed by atoms with E-state index in [1.54, 1.807) is 0 Å². The molecule has 1 amide bonds. The summed E-state index contributed by atoms with van der Waals surface area (Å²) in [6, 6.07) is -0.0634. The number of amides is 1. The number of likely N-dealkylation sites (N-methyl/N-ethyl adjacent to an activating group) is 2. The van der Waals surface area contributed by atoms with Gasteiger partial charge in [-0.3, -0.25) is 4.79 Å². The molecule has 1 atom stereocenters. The van der Waals surface area contributed by atoms with Gasteiger partial charge in [-0.1, -0.05) is 58.8 Å². The van der Waals surface area contributed by atoms with Crippen LogP contribution in [0.3, 0.4) is 0 Å². The molecule has 1 rings (SSSR count). The Morgan fingerprint density at radius 2 is 1.52 bits per heavy atom. The normalized spacial score (nSPS) is 14.9. The van der Waals surface area contributed by atoms with Gasteiger partial charge in [0, 0.05) is 6.54 Å². The number of hydrogen-bond acceptors (Lipinski definition) is 3. The van der Waals surface area contributed by atoms with E-state index in [9.17, 15) is 4.79 Å². The van der Waals surface area contributed by atoms with Crippen molar-refractivity contribution in [3.8, 4) is 0 Å². The van der Waals surface area contributed by atoms with E-state index in [4.69, 9.17) is 5.73 Å². The second-order valence-electron chi connectivity index (χ2n) is 5.14. The third-order valence-corrected chi connectivity index (χ3v) is 3.46. The molecule has 1 unspecified atom stereocenters. The van der Waals surface area contributed by atoms with Crippen molar-refractivity contribution in [3.05, 3.63) is 0 Å². The zero-order chi connectivity index (χ0) is 16.3. The van der Waals surface area contributed by atoms with E-state index in [-0.39, 0.29) is 11.9 Å². The zero-order valence-corrected chi connectivity index (χ0v) is 14.8. The summed E-state index contributed by atoms with van der Waals surface area (Å²) < 4.78 is 0. The third-order valence-electron chi connectivity index (χ3n) is 3.46. The highest BCUT2D eigenvalue weighted by Gasteiger charge is 2.13. The number of hydrogen-bond donors (Lipinski definition) is 3. The summed E-state index contributed by atoms with van der Waals surface area (Å²) in [7, 11) is 1.81. The smallest absolute Gasteiger partial charge is 0.237 e. The van der Waals surface area contributed by atoms with Crippen LogP contribution in [-0.4, -0.2) is 32.1 Å². The van der Waals surface area contributed by atoms with E-state index < -0.39 is 0 Å². The molecule has 1 saturated carbocycles. The van der Waals surface area contributed by atoms with Gasteiger partial charge in [-0.05, 0) is 33.4 Å². The maximum absolute atomic E-state index is 11.4. The van der Waals surface area contributed by atoms with Crippen molar-refractivity contribution in [1.29, 1.82) is 0 Å². The van der Waals surface area contributed by atoms with Crippen LogP contribution in [0.2, 0.25) is 0 Å². The molecule has 1 aliphatic carbocycles. The molecule has 128 valence electrons. The molecule has 0 aliphatic heterocycles. The van der Waals surface area contributed by atoms with Gasteiger partial charge in [0.15, 0.2) is 0 Å². The molecule has 1 fully saturated rings. The van der Waals surface area contributed by atoms with Crippen molar-refractivity contribution in [1.82, 2.24) is 10.6 Å². The van der Waals surface area contributed by atoms with Gasteiger partial charge in [0.05, 0.1) is 6.04 Å². The van der Waals surface area contributed by atoms with Gasteiger partial charge in [-0.25, -0.2) is 0 Å². The number of carbonyl (C=O) groups excluding carboxylic acids is 1. The topological polar surface area (TPSA) is 67.2 Å². The number of rotatable bonds is 7. The average molecular weight is 302 g/mol. The van der Waals surface area contributed by atoms with Crippen LogP contribution in [0.1, 0.15) is 78.6 Å². The highest BCUT2D eigenvalue weighted by molar-refractivity contribution is 5.81. The fourth-order valence-corrected chi connectivity index (χ4v) is 2.26. The summed E-state index contributed by atoms with van der Waals surface area (Å²) in [5, 5.41) is 5.78. The average Bonchev–Trinajstić information content (AvgIpc) is 2.56. The predicted molar refractivity (Wildman–Crippen MR) is 93.5 cm³/mol. The van der Waals surface area contributed by atoms with Gasteiger partial charge in [0.1, 0.15) is 0 Å². The molecule has 4 N–H and O–H groups in total. The molecular weight excluding hydrogens is 262 g/mol. The van der Waals surface area contributed by atoms with Gasteiger partial charge < -0.3 is 16.4 Å². The Morgan fingerprint density at radius 1 is 1.05 bits per heavy atom. The Bertz CT molecular complexity index is 195. The number of nitrogens with two attached hydrogens (primary N) is 1. The quantitative estimate of drug-likeness (QED) is 0.633. The molecule has 4 nitrogen and oxygen atoms in total. The first-order valence-electron chi connectivity index (χ1n) is 8.91. The summed E-state index contributed by atoms with van der Waals surface area (Å²) in [6.07, 6.45) is 11.8. The van der Waals surface area contributed by atoms with Crippen molar-refractivity contribution in [2.75, 3.05) is 20.1 Å². The van der Waals surface area contributed by atoms with Crippen molar-refractivity contribution < 1.29 is 4.79 Å². The first-order valence-corrected chi connectivity index (χ1v) is 8.91. The van der Waals surface area contributed by atoms with E-state index in [2.05, 4.69) is 10.6 Å². The largest absolute Gasteiger partial charge is 0.355 e. The Hall–Kier alpha value is -0.610. The zero-order valence-electron chi connectivity index (χ0n) is 14.8. The Morgan fingerprint density at radius 3 is 1.86 bits per heavy atom. The lowest BCUT2D eigenvalue weighted by molar-refractivity contribution is -0.123. The molecule has 0 radical (unpaired) electrons. The lowest BCUT2D eigenvalue weighted by Gasteiger charge is -2.14. The van der Waals surface area contributed by atoms with Crippen molar-refractivity contribution in [2.24, 2.45) is 5.73 Å². The second kappa shape index (κ2) is 19.4. The third kappa shape index (κ3) is 15.6.